The zero-order chi connectivity index (χ0) is 21.3. The molecule has 2 atom stereocenters. The average Bonchev–Trinajstić information content (AvgIpc) is 3.45. The van der Waals surface area contributed by atoms with Crippen molar-refractivity contribution in [3.05, 3.63) is 75.6 Å². The number of hydrogen-bond acceptors (Lipinski definition) is 5. The predicted octanol–water partition coefficient (Wildman–Crippen LogP) is 2.65. The van der Waals surface area contributed by atoms with E-state index in [2.05, 4.69) is 0 Å². The van der Waals surface area contributed by atoms with Crippen LogP contribution in [0, 0.1) is 0 Å². The zero-order valence-electron chi connectivity index (χ0n) is 17.0. The molecule has 1 fully saturated rings. The molecule has 3 aliphatic heterocycles. The maximum absolute atomic E-state index is 13.9. The molecule has 2 aromatic carbocycles. The van der Waals surface area contributed by atoms with E-state index in [0.717, 1.165) is 12.8 Å². The molecule has 0 N–H and O–H groups in total. The van der Waals surface area contributed by atoms with Crippen LogP contribution in [0.1, 0.15) is 34.5 Å². The van der Waals surface area contributed by atoms with Gasteiger partial charge in [-0.3, -0.25) is 14.4 Å². The number of carbonyl (C=O) groups is 2. The largest absolute Gasteiger partial charge is 0.450 e. The Morgan fingerprint density at radius 3 is 2.65 bits per heavy atom. The van der Waals surface area contributed by atoms with Crippen LogP contribution in [0.3, 0.4) is 0 Å². The SMILES string of the molecule is CN1C(=O)[C@@]2(c3ccccc31)c1c(oc3ccccc3c1=O)C(=O)N2C[C@H]1CCCO1. The standard InChI is InChI=1S/C24H20N2O5/c1-25-17-10-4-3-9-16(17)24(23(25)29)19-20(27)15-8-2-5-11-18(15)31-21(19)22(28)26(24)13-14-7-6-12-30-14/h2-5,8-11,14H,6-7,12-13H2,1H3/t14-,24-/m1/s1. The molecule has 6 rings (SSSR count). The van der Waals surface area contributed by atoms with Gasteiger partial charge in [0.05, 0.1) is 17.1 Å². The van der Waals surface area contributed by atoms with Crippen LogP contribution < -0.4 is 10.3 Å². The Hall–Kier alpha value is -3.45. The van der Waals surface area contributed by atoms with E-state index >= 15 is 0 Å². The van der Waals surface area contributed by atoms with Gasteiger partial charge in [-0.15, -0.1) is 0 Å². The summed E-state index contributed by atoms with van der Waals surface area (Å²) in [6, 6.07) is 14.1. The quantitative estimate of drug-likeness (QED) is 0.642. The van der Waals surface area contributed by atoms with Crippen molar-refractivity contribution in [3.8, 4) is 0 Å². The molecule has 3 aromatic rings. The molecule has 3 aliphatic rings. The lowest BCUT2D eigenvalue weighted by Gasteiger charge is -2.35. The van der Waals surface area contributed by atoms with Gasteiger partial charge in [0.1, 0.15) is 5.58 Å². The molecule has 7 heteroatoms. The maximum Gasteiger partial charge on any atom is 0.291 e. The van der Waals surface area contributed by atoms with Gasteiger partial charge in [-0.25, -0.2) is 0 Å². The Morgan fingerprint density at radius 1 is 1.06 bits per heavy atom. The number of amides is 2. The number of fused-ring (bicyclic) bond motifs is 5. The van der Waals surface area contributed by atoms with Crippen molar-refractivity contribution in [3.63, 3.8) is 0 Å². The van der Waals surface area contributed by atoms with Gasteiger partial charge >= 0.3 is 0 Å². The van der Waals surface area contributed by atoms with Crippen LogP contribution in [0.25, 0.3) is 11.0 Å². The fraction of sp³-hybridized carbons (Fsp3) is 0.292. The minimum absolute atomic E-state index is 0.0554. The molecule has 0 bridgehead atoms. The summed E-state index contributed by atoms with van der Waals surface area (Å²) < 4.78 is 11.8. The highest BCUT2D eigenvalue weighted by Gasteiger charge is 2.64. The summed E-state index contributed by atoms with van der Waals surface area (Å²) in [7, 11) is 1.67. The molecule has 0 unspecified atom stereocenters. The van der Waals surface area contributed by atoms with Crippen molar-refractivity contribution in [2.24, 2.45) is 0 Å². The van der Waals surface area contributed by atoms with Gasteiger partial charge in [0.2, 0.25) is 5.76 Å². The zero-order valence-corrected chi connectivity index (χ0v) is 17.0. The van der Waals surface area contributed by atoms with Gasteiger partial charge < -0.3 is 19.0 Å². The molecule has 156 valence electrons. The fourth-order valence-corrected chi connectivity index (χ4v) is 5.28. The van der Waals surface area contributed by atoms with Crippen molar-refractivity contribution < 1.29 is 18.7 Å². The summed E-state index contributed by atoms with van der Waals surface area (Å²) in [6.45, 7) is 0.838. The second-order valence-corrected chi connectivity index (χ2v) is 8.27. The molecular weight excluding hydrogens is 396 g/mol. The molecule has 4 heterocycles. The van der Waals surface area contributed by atoms with Crippen LogP contribution in [0.15, 0.2) is 57.7 Å². The van der Waals surface area contributed by atoms with Crippen LogP contribution in [0.5, 0.6) is 0 Å². The number of likely N-dealkylation sites (N-methyl/N-ethyl adjacent to an activating group) is 1. The first-order valence-electron chi connectivity index (χ1n) is 10.4. The third-order valence-electron chi connectivity index (χ3n) is 6.68. The Labute approximate surface area is 177 Å². The summed E-state index contributed by atoms with van der Waals surface area (Å²) in [6.07, 6.45) is 1.51. The molecular formula is C24H20N2O5. The van der Waals surface area contributed by atoms with Crippen molar-refractivity contribution >= 4 is 28.5 Å². The van der Waals surface area contributed by atoms with E-state index in [1.165, 1.54) is 9.80 Å². The maximum atomic E-state index is 13.9. The third-order valence-corrected chi connectivity index (χ3v) is 6.68. The molecule has 0 saturated carbocycles. The highest BCUT2D eigenvalue weighted by molar-refractivity contribution is 6.16. The summed E-state index contributed by atoms with van der Waals surface area (Å²) in [5.41, 5.74) is -0.155. The van der Waals surface area contributed by atoms with Gasteiger partial charge in [-0.2, -0.15) is 0 Å². The number of rotatable bonds is 2. The van der Waals surface area contributed by atoms with Gasteiger partial charge in [0, 0.05) is 31.5 Å². The van der Waals surface area contributed by atoms with Crippen molar-refractivity contribution in [1.82, 2.24) is 4.90 Å². The molecule has 0 radical (unpaired) electrons. The van der Waals surface area contributed by atoms with Crippen LogP contribution in [0.2, 0.25) is 0 Å². The lowest BCUT2D eigenvalue weighted by Crippen LogP contribution is -2.54. The molecule has 1 spiro atoms. The van der Waals surface area contributed by atoms with Crippen molar-refractivity contribution in [2.45, 2.75) is 24.5 Å². The predicted molar refractivity (Wildman–Crippen MR) is 113 cm³/mol. The molecule has 2 amide bonds. The lowest BCUT2D eigenvalue weighted by atomic mass is 9.83. The smallest absolute Gasteiger partial charge is 0.291 e. The van der Waals surface area contributed by atoms with Crippen molar-refractivity contribution in [1.29, 1.82) is 0 Å². The summed E-state index contributed by atoms with van der Waals surface area (Å²) in [4.78, 5) is 44.3. The number of anilines is 1. The number of nitrogens with zero attached hydrogens (tertiary/aromatic N) is 2. The van der Waals surface area contributed by atoms with E-state index in [4.69, 9.17) is 9.15 Å². The highest BCUT2D eigenvalue weighted by Crippen LogP contribution is 2.52. The van der Waals surface area contributed by atoms with Gasteiger partial charge in [-0.1, -0.05) is 30.3 Å². The van der Waals surface area contributed by atoms with Crippen LogP contribution >= 0.6 is 0 Å². The van der Waals surface area contributed by atoms with E-state index in [0.29, 0.717) is 28.8 Å². The minimum atomic E-state index is -1.55. The van der Waals surface area contributed by atoms with Gasteiger partial charge in [0.25, 0.3) is 11.8 Å². The molecule has 7 nitrogen and oxygen atoms in total. The number of hydrogen-bond donors (Lipinski definition) is 0. The minimum Gasteiger partial charge on any atom is -0.450 e. The average molecular weight is 416 g/mol. The Kier molecular flexibility index (Phi) is 3.71. The van der Waals surface area contributed by atoms with Gasteiger partial charge in [0.15, 0.2) is 11.0 Å². The Morgan fingerprint density at radius 2 is 1.84 bits per heavy atom. The van der Waals surface area contributed by atoms with Crippen LogP contribution in [-0.2, 0) is 15.1 Å². The van der Waals surface area contributed by atoms with E-state index in [-0.39, 0.29) is 35.3 Å². The van der Waals surface area contributed by atoms with E-state index in [1.807, 2.05) is 24.3 Å². The number of para-hydroxylation sites is 2. The highest BCUT2D eigenvalue weighted by atomic mass is 16.5. The van der Waals surface area contributed by atoms with E-state index < -0.39 is 11.4 Å². The number of carbonyl (C=O) groups excluding carboxylic acids is 2. The number of benzene rings is 2. The van der Waals surface area contributed by atoms with E-state index in [9.17, 15) is 14.4 Å². The van der Waals surface area contributed by atoms with Crippen LogP contribution in [-0.4, -0.2) is 43.0 Å². The Bertz CT molecular complexity index is 1320. The monoisotopic (exact) mass is 416 g/mol. The lowest BCUT2D eigenvalue weighted by molar-refractivity contribution is -0.126. The van der Waals surface area contributed by atoms with Crippen LogP contribution in [0.4, 0.5) is 5.69 Å². The Balaban J connectivity index is 1.70. The molecule has 1 aromatic heterocycles. The first-order valence-corrected chi connectivity index (χ1v) is 10.4. The second-order valence-electron chi connectivity index (χ2n) is 8.27. The number of ether oxygens (including phenoxy) is 1. The van der Waals surface area contributed by atoms with Gasteiger partial charge in [-0.05, 0) is 31.0 Å². The summed E-state index contributed by atoms with van der Waals surface area (Å²) in [5, 5.41) is 0.354. The summed E-state index contributed by atoms with van der Waals surface area (Å²) in [5.74, 6) is -0.840. The summed E-state index contributed by atoms with van der Waals surface area (Å²) >= 11 is 0. The second kappa shape index (κ2) is 6.28. The van der Waals surface area contributed by atoms with Crippen molar-refractivity contribution in [2.75, 3.05) is 25.1 Å². The molecule has 1 saturated heterocycles. The fourth-order valence-electron chi connectivity index (χ4n) is 5.28. The topological polar surface area (TPSA) is 80.1 Å². The first kappa shape index (κ1) is 18.3. The first-order chi connectivity index (χ1) is 15.0. The third kappa shape index (κ3) is 2.19. The van der Waals surface area contributed by atoms with E-state index in [1.54, 1.807) is 31.3 Å². The normalized spacial score (nSPS) is 24.5. The molecule has 0 aliphatic carbocycles. The molecule has 31 heavy (non-hydrogen) atoms.